The molecule has 1 atom stereocenters. The molecular weight excluding hydrogens is 361 g/mol. The van der Waals surface area contributed by atoms with E-state index in [1.807, 2.05) is 0 Å². The number of halogens is 3. The number of alkyl halides is 3. The largest absolute Gasteiger partial charge is 0.492 e. The van der Waals surface area contributed by atoms with Crippen molar-refractivity contribution in [1.82, 2.24) is 10.2 Å². The number of anilines is 1. The van der Waals surface area contributed by atoms with E-state index in [1.165, 1.54) is 17.0 Å². The summed E-state index contributed by atoms with van der Waals surface area (Å²) in [6.45, 7) is 0.0376. The number of fused-ring (bicyclic) bond motifs is 2. The molecular formula is C18H15F3N4O2. The highest BCUT2D eigenvalue weighted by Crippen LogP contribution is 2.45. The van der Waals surface area contributed by atoms with Crippen molar-refractivity contribution in [2.24, 2.45) is 5.73 Å². The van der Waals surface area contributed by atoms with Crippen molar-refractivity contribution in [3.05, 3.63) is 53.7 Å². The standard InChI is InChI=1S/C18H15F3N4O2/c19-18(20,21)12-4-1-3-10-15(7-8-27-16(10)12)25(17(22)26)14-6-2-5-13-11(14)9-23-24-13/h1-6,9,15H,7-8H2,(H2,22,26)(H,23,24). The maximum absolute atomic E-state index is 13.4. The molecule has 27 heavy (non-hydrogen) atoms. The predicted molar refractivity (Wildman–Crippen MR) is 92.5 cm³/mol. The van der Waals surface area contributed by atoms with Crippen LogP contribution in [0.4, 0.5) is 23.7 Å². The molecule has 1 aliphatic rings. The van der Waals surface area contributed by atoms with E-state index in [4.69, 9.17) is 10.5 Å². The van der Waals surface area contributed by atoms with Gasteiger partial charge in [0.15, 0.2) is 0 Å². The minimum Gasteiger partial charge on any atom is -0.492 e. The predicted octanol–water partition coefficient (Wildman–Crippen LogP) is 3.99. The second-order valence-corrected chi connectivity index (χ2v) is 6.19. The van der Waals surface area contributed by atoms with Crippen LogP contribution in [-0.4, -0.2) is 22.8 Å². The first-order valence-corrected chi connectivity index (χ1v) is 8.21. The first-order chi connectivity index (χ1) is 12.9. The molecule has 0 radical (unpaired) electrons. The minimum atomic E-state index is -4.56. The zero-order valence-corrected chi connectivity index (χ0v) is 14.0. The number of hydrogen-bond donors (Lipinski definition) is 2. The fraction of sp³-hybridized carbons (Fsp3) is 0.222. The van der Waals surface area contributed by atoms with Gasteiger partial charge in [0.2, 0.25) is 0 Å². The van der Waals surface area contributed by atoms with Crippen molar-refractivity contribution in [1.29, 1.82) is 0 Å². The molecule has 0 aliphatic carbocycles. The first kappa shape index (κ1) is 17.2. The van der Waals surface area contributed by atoms with Crippen molar-refractivity contribution >= 4 is 22.6 Å². The summed E-state index contributed by atoms with van der Waals surface area (Å²) in [6, 6.07) is 7.54. The number of rotatable bonds is 2. The molecule has 2 aromatic carbocycles. The Morgan fingerprint density at radius 1 is 1.26 bits per heavy atom. The maximum Gasteiger partial charge on any atom is 0.419 e. The minimum absolute atomic E-state index is 0.0376. The van der Waals surface area contributed by atoms with Gasteiger partial charge >= 0.3 is 12.2 Å². The number of urea groups is 1. The van der Waals surface area contributed by atoms with E-state index < -0.39 is 23.8 Å². The lowest BCUT2D eigenvalue weighted by molar-refractivity contribution is -0.139. The van der Waals surface area contributed by atoms with Gasteiger partial charge in [-0.25, -0.2) is 4.79 Å². The summed E-state index contributed by atoms with van der Waals surface area (Å²) in [6.07, 6.45) is -2.70. The Kier molecular flexibility index (Phi) is 3.94. The lowest BCUT2D eigenvalue weighted by Gasteiger charge is -2.35. The average Bonchev–Trinajstić information content (AvgIpc) is 3.10. The zero-order valence-electron chi connectivity index (χ0n) is 14.0. The molecule has 3 N–H and O–H groups in total. The third-order valence-electron chi connectivity index (χ3n) is 4.62. The Morgan fingerprint density at radius 3 is 2.78 bits per heavy atom. The summed E-state index contributed by atoms with van der Waals surface area (Å²) < 4.78 is 45.4. The summed E-state index contributed by atoms with van der Waals surface area (Å²) in [4.78, 5) is 13.6. The van der Waals surface area contributed by atoms with Gasteiger partial charge in [0.05, 0.1) is 35.6 Å². The summed E-state index contributed by atoms with van der Waals surface area (Å²) in [5.74, 6) is -0.258. The summed E-state index contributed by atoms with van der Waals surface area (Å²) in [7, 11) is 0. The molecule has 4 rings (SSSR count). The number of aromatic nitrogens is 2. The van der Waals surface area contributed by atoms with E-state index in [2.05, 4.69) is 10.2 Å². The fourth-order valence-corrected chi connectivity index (χ4v) is 3.50. The second-order valence-electron chi connectivity index (χ2n) is 6.19. The highest BCUT2D eigenvalue weighted by molar-refractivity contribution is 6.02. The Bertz CT molecular complexity index is 1020. The smallest absolute Gasteiger partial charge is 0.419 e. The monoisotopic (exact) mass is 376 g/mol. The summed E-state index contributed by atoms with van der Waals surface area (Å²) in [5, 5.41) is 7.41. The van der Waals surface area contributed by atoms with Crippen LogP contribution in [0.5, 0.6) is 5.75 Å². The van der Waals surface area contributed by atoms with E-state index >= 15 is 0 Å². The van der Waals surface area contributed by atoms with Gasteiger partial charge in [0.1, 0.15) is 5.75 Å². The number of benzene rings is 2. The Morgan fingerprint density at radius 2 is 2.04 bits per heavy atom. The number of ether oxygens (including phenoxy) is 1. The number of aromatic amines is 1. The topological polar surface area (TPSA) is 84.2 Å². The number of carbonyl (C=O) groups is 1. The molecule has 0 bridgehead atoms. The van der Waals surface area contributed by atoms with Gasteiger partial charge in [0.25, 0.3) is 0 Å². The van der Waals surface area contributed by atoms with Gasteiger partial charge in [0, 0.05) is 17.4 Å². The van der Waals surface area contributed by atoms with Crippen molar-refractivity contribution < 1.29 is 22.7 Å². The van der Waals surface area contributed by atoms with Crippen molar-refractivity contribution in [2.75, 3.05) is 11.5 Å². The molecule has 3 aromatic rings. The van der Waals surface area contributed by atoms with Gasteiger partial charge in [-0.05, 0) is 18.2 Å². The maximum atomic E-state index is 13.4. The van der Waals surface area contributed by atoms with E-state index in [1.54, 1.807) is 24.4 Å². The number of carbonyl (C=O) groups excluding carboxylic acids is 1. The molecule has 0 saturated carbocycles. The third-order valence-corrected chi connectivity index (χ3v) is 4.62. The first-order valence-electron chi connectivity index (χ1n) is 8.21. The van der Waals surface area contributed by atoms with Crippen LogP contribution >= 0.6 is 0 Å². The molecule has 0 spiro atoms. The molecule has 9 heteroatoms. The molecule has 1 aromatic heterocycles. The number of nitrogens with two attached hydrogens (primary N) is 1. The molecule has 140 valence electrons. The third kappa shape index (κ3) is 2.84. The number of para-hydroxylation sites is 1. The van der Waals surface area contributed by atoms with E-state index in [0.717, 1.165) is 6.07 Å². The summed E-state index contributed by atoms with van der Waals surface area (Å²) in [5.41, 5.74) is 6.21. The van der Waals surface area contributed by atoms with Gasteiger partial charge in [-0.2, -0.15) is 18.3 Å². The van der Waals surface area contributed by atoms with Crippen LogP contribution in [0.15, 0.2) is 42.6 Å². The lowest BCUT2D eigenvalue weighted by atomic mass is 9.95. The second kappa shape index (κ2) is 6.19. The number of hydrogen-bond acceptors (Lipinski definition) is 3. The van der Waals surface area contributed by atoms with Gasteiger partial charge in [-0.15, -0.1) is 0 Å². The average molecular weight is 376 g/mol. The van der Waals surface area contributed by atoms with E-state index in [0.29, 0.717) is 23.0 Å². The Labute approximate surface area is 151 Å². The van der Waals surface area contributed by atoms with E-state index in [9.17, 15) is 18.0 Å². The molecule has 0 saturated heterocycles. The number of nitrogens with zero attached hydrogens (tertiary/aromatic N) is 2. The number of nitrogens with one attached hydrogen (secondary N) is 1. The van der Waals surface area contributed by atoms with Crippen LogP contribution in [0, 0.1) is 0 Å². The summed E-state index contributed by atoms with van der Waals surface area (Å²) >= 11 is 0. The Hall–Kier alpha value is -3.23. The van der Waals surface area contributed by atoms with Gasteiger partial charge in [-0.1, -0.05) is 18.2 Å². The van der Waals surface area contributed by atoms with E-state index in [-0.39, 0.29) is 17.9 Å². The SMILES string of the molecule is NC(=O)N(c1cccc2[nH]ncc12)C1CCOc2c1cccc2C(F)(F)F. The van der Waals surface area contributed by atoms with Gasteiger partial charge < -0.3 is 10.5 Å². The lowest BCUT2D eigenvalue weighted by Crippen LogP contribution is -2.41. The number of primary amides is 1. The molecule has 1 unspecified atom stereocenters. The highest BCUT2D eigenvalue weighted by Gasteiger charge is 2.39. The van der Waals surface area contributed by atoms with Crippen molar-refractivity contribution in [3.63, 3.8) is 0 Å². The fourth-order valence-electron chi connectivity index (χ4n) is 3.50. The van der Waals surface area contributed by atoms with Crippen LogP contribution in [0.25, 0.3) is 10.9 Å². The van der Waals surface area contributed by atoms with Crippen LogP contribution in [0.1, 0.15) is 23.6 Å². The normalized spacial score (nSPS) is 16.6. The highest BCUT2D eigenvalue weighted by atomic mass is 19.4. The molecule has 6 nitrogen and oxygen atoms in total. The van der Waals surface area contributed by atoms with Gasteiger partial charge in [-0.3, -0.25) is 10.00 Å². The quantitative estimate of drug-likeness (QED) is 0.709. The zero-order chi connectivity index (χ0) is 19.2. The van der Waals surface area contributed by atoms with Crippen LogP contribution in [0.2, 0.25) is 0 Å². The number of amides is 2. The molecule has 2 heterocycles. The van der Waals surface area contributed by atoms with Crippen molar-refractivity contribution in [3.8, 4) is 5.75 Å². The van der Waals surface area contributed by atoms with Crippen LogP contribution in [-0.2, 0) is 6.18 Å². The number of H-pyrrole nitrogens is 1. The van der Waals surface area contributed by atoms with Crippen LogP contribution in [0.3, 0.4) is 0 Å². The van der Waals surface area contributed by atoms with Crippen LogP contribution < -0.4 is 15.4 Å². The molecule has 1 aliphatic heterocycles. The Balaban J connectivity index is 1.88. The molecule has 2 amide bonds. The van der Waals surface area contributed by atoms with Crippen molar-refractivity contribution in [2.45, 2.75) is 18.6 Å². The molecule has 0 fully saturated rings.